The van der Waals surface area contributed by atoms with E-state index in [-0.39, 0.29) is 23.8 Å². The lowest BCUT2D eigenvalue weighted by molar-refractivity contribution is -0.115. The van der Waals surface area contributed by atoms with E-state index in [1.165, 1.54) is 11.3 Å². The van der Waals surface area contributed by atoms with Gasteiger partial charge in [-0.1, -0.05) is 38.1 Å². The third-order valence-electron chi connectivity index (χ3n) is 6.07. The van der Waals surface area contributed by atoms with Crippen molar-refractivity contribution in [3.63, 3.8) is 0 Å². The summed E-state index contributed by atoms with van der Waals surface area (Å²) in [5.41, 5.74) is 11.8. The first-order valence-electron chi connectivity index (χ1n) is 11.6. The molecule has 2 aromatic heterocycles. The molecule has 4 rings (SSSR count). The van der Waals surface area contributed by atoms with Crippen molar-refractivity contribution in [2.45, 2.75) is 26.2 Å². The number of nitrogens with one attached hydrogen (secondary N) is 2. The van der Waals surface area contributed by atoms with Gasteiger partial charge in [0.25, 0.3) is 5.91 Å². The summed E-state index contributed by atoms with van der Waals surface area (Å²) >= 11 is 1.33. The molecule has 8 nitrogen and oxygen atoms in total. The minimum atomic E-state index is -0.346. The molecule has 0 radical (unpaired) electrons. The van der Waals surface area contributed by atoms with Gasteiger partial charge in [0.15, 0.2) is 5.13 Å². The molecule has 4 aromatic rings. The van der Waals surface area contributed by atoms with Crippen molar-refractivity contribution in [3.05, 3.63) is 76.8 Å². The highest BCUT2D eigenvalue weighted by Crippen LogP contribution is 2.29. The lowest BCUT2D eigenvalue weighted by atomic mass is 9.81. The molecule has 0 saturated heterocycles. The van der Waals surface area contributed by atoms with Crippen molar-refractivity contribution >= 4 is 28.3 Å². The zero-order valence-corrected chi connectivity index (χ0v) is 21.6. The van der Waals surface area contributed by atoms with Gasteiger partial charge in [0.1, 0.15) is 0 Å². The van der Waals surface area contributed by atoms with Gasteiger partial charge < -0.3 is 16.4 Å². The second kappa shape index (κ2) is 10.4. The summed E-state index contributed by atoms with van der Waals surface area (Å²) in [5, 5.41) is 12.2. The van der Waals surface area contributed by atoms with Crippen LogP contribution < -0.4 is 16.4 Å². The summed E-state index contributed by atoms with van der Waals surface area (Å²) in [6, 6.07) is 15.4. The minimum Gasteiger partial charge on any atom is -0.343 e. The predicted octanol–water partition coefficient (Wildman–Crippen LogP) is 4.12. The topological polar surface area (TPSA) is 115 Å². The number of rotatable bonds is 8. The van der Waals surface area contributed by atoms with Gasteiger partial charge in [-0.15, -0.1) is 11.3 Å². The Labute approximate surface area is 214 Å². The number of hydrogen-bond acceptors (Lipinski definition) is 6. The number of nitrogens with zero attached hydrogens (tertiary/aromatic N) is 3. The zero-order valence-electron chi connectivity index (χ0n) is 20.8. The molecule has 0 fully saturated rings. The molecule has 186 valence electrons. The van der Waals surface area contributed by atoms with Crippen LogP contribution in [0.2, 0.25) is 0 Å². The SMILES string of the molecule is Cc1ccc(C(=O)NCC(=O)Nc2nc(-c3cccc(-c4ccn(C)n4)c3)cs2)cc1C(C)(C)CN. The fourth-order valence-corrected chi connectivity index (χ4v) is 4.63. The molecule has 0 aliphatic carbocycles. The Balaban J connectivity index is 1.37. The van der Waals surface area contributed by atoms with Crippen molar-refractivity contribution in [1.29, 1.82) is 0 Å². The maximum absolute atomic E-state index is 12.7. The number of thiazole rings is 1. The molecule has 0 aliphatic rings. The smallest absolute Gasteiger partial charge is 0.251 e. The first-order chi connectivity index (χ1) is 17.2. The van der Waals surface area contributed by atoms with Gasteiger partial charge in [-0.25, -0.2) is 4.98 Å². The molecule has 0 aliphatic heterocycles. The standard InChI is InChI=1S/C27H30N6O2S/c1-17-8-9-20(13-21(17)27(2,3)16-28)25(35)29-14-24(34)31-26-30-23(15-36-26)19-7-5-6-18(12-19)22-10-11-33(4)32-22/h5-13,15H,14,16,28H2,1-4H3,(H,29,35)(H,30,31,34). The molecule has 9 heteroatoms. The normalized spacial score (nSPS) is 11.4. The van der Waals surface area contributed by atoms with Gasteiger partial charge >= 0.3 is 0 Å². The van der Waals surface area contributed by atoms with Gasteiger partial charge in [-0.05, 0) is 42.3 Å². The summed E-state index contributed by atoms with van der Waals surface area (Å²) in [6.07, 6.45) is 1.90. The molecule has 4 N–H and O–H groups in total. The second-order valence-corrected chi connectivity index (χ2v) is 10.2. The molecule has 36 heavy (non-hydrogen) atoms. The van der Waals surface area contributed by atoms with Crippen LogP contribution in [0.15, 0.2) is 60.1 Å². The zero-order chi connectivity index (χ0) is 25.9. The summed E-state index contributed by atoms with van der Waals surface area (Å²) < 4.78 is 1.76. The van der Waals surface area contributed by atoms with E-state index in [9.17, 15) is 9.59 Å². The van der Waals surface area contributed by atoms with E-state index in [0.29, 0.717) is 17.2 Å². The summed E-state index contributed by atoms with van der Waals surface area (Å²) in [6.45, 7) is 6.39. The number of anilines is 1. The molecular formula is C27H30N6O2S. The van der Waals surface area contributed by atoms with E-state index in [1.807, 2.05) is 81.9 Å². The Hall–Kier alpha value is -3.82. The molecule has 0 saturated carbocycles. The molecule has 2 heterocycles. The number of aromatic nitrogens is 3. The predicted molar refractivity (Wildman–Crippen MR) is 144 cm³/mol. The average Bonchev–Trinajstić information content (AvgIpc) is 3.52. The van der Waals surface area contributed by atoms with Crippen molar-refractivity contribution < 1.29 is 9.59 Å². The van der Waals surface area contributed by atoms with E-state index in [1.54, 1.807) is 10.7 Å². The van der Waals surface area contributed by atoms with Crippen molar-refractivity contribution in [3.8, 4) is 22.5 Å². The Morgan fingerprint density at radius 1 is 1.08 bits per heavy atom. The Morgan fingerprint density at radius 3 is 2.53 bits per heavy atom. The number of nitrogens with two attached hydrogens (primary N) is 1. The Bertz CT molecular complexity index is 1400. The number of hydrogen-bond donors (Lipinski definition) is 3. The lowest BCUT2D eigenvalue weighted by Crippen LogP contribution is -2.33. The summed E-state index contributed by atoms with van der Waals surface area (Å²) in [7, 11) is 1.88. The lowest BCUT2D eigenvalue weighted by Gasteiger charge is -2.25. The van der Waals surface area contributed by atoms with Crippen LogP contribution in [0.3, 0.4) is 0 Å². The minimum absolute atomic E-state index is 0.160. The molecule has 0 atom stereocenters. The Kier molecular flexibility index (Phi) is 7.32. The van der Waals surface area contributed by atoms with E-state index in [2.05, 4.69) is 20.7 Å². The van der Waals surface area contributed by atoms with Crippen LogP contribution in [0.4, 0.5) is 5.13 Å². The molecule has 2 aromatic carbocycles. The van der Waals surface area contributed by atoms with E-state index >= 15 is 0 Å². The maximum atomic E-state index is 12.7. The van der Waals surface area contributed by atoms with Gasteiger partial charge in [-0.2, -0.15) is 5.10 Å². The van der Waals surface area contributed by atoms with Crippen LogP contribution in [0.1, 0.15) is 35.3 Å². The number of benzene rings is 2. The third-order valence-corrected chi connectivity index (χ3v) is 6.82. The highest BCUT2D eigenvalue weighted by atomic mass is 32.1. The van der Waals surface area contributed by atoms with Gasteiger partial charge in [-0.3, -0.25) is 14.3 Å². The fraction of sp³-hybridized carbons (Fsp3) is 0.259. The molecule has 2 amide bonds. The highest BCUT2D eigenvalue weighted by Gasteiger charge is 2.22. The van der Waals surface area contributed by atoms with Crippen LogP contribution >= 0.6 is 11.3 Å². The average molecular weight is 503 g/mol. The van der Waals surface area contributed by atoms with Crippen LogP contribution in [-0.4, -0.2) is 39.7 Å². The van der Waals surface area contributed by atoms with Crippen molar-refractivity contribution in [2.24, 2.45) is 12.8 Å². The van der Waals surface area contributed by atoms with Crippen LogP contribution in [0.5, 0.6) is 0 Å². The molecular weight excluding hydrogens is 472 g/mol. The van der Waals surface area contributed by atoms with Crippen molar-refractivity contribution in [2.75, 3.05) is 18.4 Å². The van der Waals surface area contributed by atoms with Gasteiger partial charge in [0, 0.05) is 47.3 Å². The van der Waals surface area contributed by atoms with Gasteiger partial charge in [0.05, 0.1) is 17.9 Å². The first kappa shape index (κ1) is 25.3. The number of aryl methyl sites for hydroxylation is 2. The third kappa shape index (κ3) is 5.69. The van der Waals surface area contributed by atoms with E-state index < -0.39 is 0 Å². The molecule has 0 bridgehead atoms. The number of carbonyl (C=O) groups is 2. The molecule has 0 spiro atoms. The summed E-state index contributed by atoms with van der Waals surface area (Å²) in [4.78, 5) is 29.7. The van der Waals surface area contributed by atoms with E-state index in [0.717, 1.165) is 33.6 Å². The fourth-order valence-electron chi connectivity index (χ4n) is 3.90. The van der Waals surface area contributed by atoms with Gasteiger partial charge in [0.2, 0.25) is 5.91 Å². The van der Waals surface area contributed by atoms with Crippen molar-refractivity contribution in [1.82, 2.24) is 20.1 Å². The molecule has 0 unspecified atom stereocenters. The maximum Gasteiger partial charge on any atom is 0.251 e. The quantitative estimate of drug-likeness (QED) is 0.335. The Morgan fingerprint density at radius 2 is 1.83 bits per heavy atom. The van der Waals surface area contributed by atoms with Crippen LogP contribution in [0.25, 0.3) is 22.5 Å². The number of carbonyl (C=O) groups excluding carboxylic acids is 2. The van der Waals surface area contributed by atoms with Crippen LogP contribution in [-0.2, 0) is 17.3 Å². The largest absolute Gasteiger partial charge is 0.343 e. The highest BCUT2D eigenvalue weighted by molar-refractivity contribution is 7.14. The monoisotopic (exact) mass is 502 g/mol. The second-order valence-electron chi connectivity index (χ2n) is 9.34. The van der Waals surface area contributed by atoms with Crippen LogP contribution in [0, 0.1) is 6.92 Å². The first-order valence-corrected chi connectivity index (χ1v) is 12.5. The summed E-state index contributed by atoms with van der Waals surface area (Å²) in [5.74, 6) is -0.661. The number of amides is 2. The van der Waals surface area contributed by atoms with E-state index in [4.69, 9.17) is 5.73 Å².